The molecule has 4 nitrogen and oxygen atoms in total. The number of rotatable bonds is 4. The third-order valence-electron chi connectivity index (χ3n) is 3.11. The van der Waals surface area contributed by atoms with Gasteiger partial charge in [-0.05, 0) is 31.4 Å². The Kier molecular flexibility index (Phi) is 2.83. The quantitative estimate of drug-likeness (QED) is 0.896. The van der Waals surface area contributed by atoms with E-state index in [0.717, 1.165) is 5.69 Å². The number of nitrogens with zero attached hydrogens (tertiary/aromatic N) is 3. The minimum absolute atomic E-state index is 0.246. The number of aromatic nitrogens is 3. The van der Waals surface area contributed by atoms with E-state index >= 15 is 0 Å². The van der Waals surface area contributed by atoms with Crippen molar-refractivity contribution in [2.75, 3.05) is 0 Å². The second-order valence-corrected chi connectivity index (χ2v) is 4.72. The van der Waals surface area contributed by atoms with E-state index < -0.39 is 0 Å². The summed E-state index contributed by atoms with van der Waals surface area (Å²) >= 11 is 0. The van der Waals surface area contributed by atoms with E-state index in [-0.39, 0.29) is 5.82 Å². The molecule has 0 bridgehead atoms. The van der Waals surface area contributed by atoms with Gasteiger partial charge in [0.05, 0.1) is 11.9 Å². The summed E-state index contributed by atoms with van der Waals surface area (Å²) in [5.74, 6) is -0.246. The van der Waals surface area contributed by atoms with Crippen LogP contribution in [0, 0.1) is 12.7 Å². The summed E-state index contributed by atoms with van der Waals surface area (Å²) in [4.78, 5) is 0. The topological polar surface area (TPSA) is 42.7 Å². The minimum atomic E-state index is -0.246. The predicted octanol–water partition coefficient (Wildman–Crippen LogP) is 1.97. The first-order valence-electron chi connectivity index (χ1n) is 6.14. The first kappa shape index (κ1) is 11.3. The average molecular weight is 246 g/mol. The minimum Gasteiger partial charge on any atom is -0.308 e. The molecular formula is C13H15FN4. The van der Waals surface area contributed by atoms with Crippen LogP contribution in [0.1, 0.15) is 24.1 Å². The molecule has 0 radical (unpaired) electrons. The lowest BCUT2D eigenvalue weighted by molar-refractivity contribution is 0.598. The standard InChI is InChI=1S/C13H15FN4/c1-9-3-2-4-12(13(9)14)18-8-11(16-17-18)7-15-10-5-6-10/h2-4,8,10,15H,5-7H2,1H3. The normalized spacial score (nSPS) is 15.0. The van der Waals surface area contributed by atoms with Crippen molar-refractivity contribution in [2.24, 2.45) is 0 Å². The van der Waals surface area contributed by atoms with Crippen molar-refractivity contribution < 1.29 is 4.39 Å². The van der Waals surface area contributed by atoms with Gasteiger partial charge < -0.3 is 5.32 Å². The van der Waals surface area contributed by atoms with Gasteiger partial charge in [-0.25, -0.2) is 9.07 Å². The number of benzene rings is 1. The van der Waals surface area contributed by atoms with E-state index in [4.69, 9.17) is 0 Å². The van der Waals surface area contributed by atoms with E-state index in [1.807, 2.05) is 6.07 Å². The Balaban J connectivity index is 1.80. The maximum absolute atomic E-state index is 13.9. The van der Waals surface area contributed by atoms with Crippen LogP contribution < -0.4 is 5.32 Å². The molecule has 0 spiro atoms. The Hall–Kier alpha value is -1.75. The lowest BCUT2D eigenvalue weighted by atomic mass is 10.2. The van der Waals surface area contributed by atoms with Crippen molar-refractivity contribution >= 4 is 0 Å². The summed E-state index contributed by atoms with van der Waals surface area (Å²) in [6, 6.07) is 5.89. The van der Waals surface area contributed by atoms with Crippen molar-refractivity contribution in [1.29, 1.82) is 0 Å². The van der Waals surface area contributed by atoms with Gasteiger partial charge in [0, 0.05) is 12.6 Å². The molecule has 94 valence electrons. The fourth-order valence-corrected chi connectivity index (χ4v) is 1.84. The first-order chi connectivity index (χ1) is 8.74. The molecule has 3 rings (SSSR count). The molecule has 2 aromatic rings. The molecule has 1 aliphatic carbocycles. The predicted molar refractivity (Wildman–Crippen MR) is 65.9 cm³/mol. The second kappa shape index (κ2) is 4.49. The summed E-state index contributed by atoms with van der Waals surface area (Å²) in [6.45, 7) is 2.43. The highest BCUT2D eigenvalue weighted by Gasteiger charge is 2.20. The van der Waals surface area contributed by atoms with Crippen LogP contribution in [0.2, 0.25) is 0 Å². The molecule has 0 unspecified atom stereocenters. The van der Waals surface area contributed by atoms with Gasteiger partial charge in [0.25, 0.3) is 0 Å². The Labute approximate surface area is 105 Å². The van der Waals surface area contributed by atoms with Gasteiger partial charge in [-0.2, -0.15) is 0 Å². The average Bonchev–Trinajstić information content (AvgIpc) is 3.08. The van der Waals surface area contributed by atoms with Crippen molar-refractivity contribution in [3.8, 4) is 5.69 Å². The number of nitrogens with one attached hydrogen (secondary N) is 1. The monoisotopic (exact) mass is 246 g/mol. The second-order valence-electron chi connectivity index (χ2n) is 4.72. The highest BCUT2D eigenvalue weighted by atomic mass is 19.1. The van der Waals surface area contributed by atoms with Crippen LogP contribution in [0.25, 0.3) is 5.69 Å². The van der Waals surface area contributed by atoms with Gasteiger partial charge in [0.1, 0.15) is 5.69 Å². The number of hydrogen-bond donors (Lipinski definition) is 1. The molecule has 0 amide bonds. The number of hydrogen-bond acceptors (Lipinski definition) is 3. The van der Waals surface area contributed by atoms with Gasteiger partial charge in [-0.1, -0.05) is 17.3 Å². The Morgan fingerprint density at radius 1 is 1.44 bits per heavy atom. The van der Waals surface area contributed by atoms with Crippen molar-refractivity contribution in [2.45, 2.75) is 32.4 Å². The fraction of sp³-hybridized carbons (Fsp3) is 0.385. The molecule has 0 atom stereocenters. The van der Waals surface area contributed by atoms with Crippen LogP contribution in [-0.4, -0.2) is 21.0 Å². The molecular weight excluding hydrogens is 231 g/mol. The maximum atomic E-state index is 13.9. The Morgan fingerprint density at radius 3 is 3.06 bits per heavy atom. The maximum Gasteiger partial charge on any atom is 0.151 e. The summed E-state index contributed by atoms with van der Waals surface area (Å²) < 4.78 is 15.4. The zero-order valence-corrected chi connectivity index (χ0v) is 10.2. The highest BCUT2D eigenvalue weighted by Crippen LogP contribution is 2.19. The van der Waals surface area contributed by atoms with Gasteiger partial charge in [0.2, 0.25) is 0 Å². The molecule has 5 heteroatoms. The fourth-order valence-electron chi connectivity index (χ4n) is 1.84. The van der Waals surface area contributed by atoms with Crippen LogP contribution in [0.15, 0.2) is 24.4 Å². The lowest BCUT2D eigenvalue weighted by Gasteiger charge is -2.03. The van der Waals surface area contributed by atoms with Crippen molar-refractivity contribution in [1.82, 2.24) is 20.3 Å². The largest absolute Gasteiger partial charge is 0.308 e. The van der Waals surface area contributed by atoms with Crippen LogP contribution in [0.5, 0.6) is 0 Å². The van der Waals surface area contributed by atoms with E-state index in [1.165, 1.54) is 17.5 Å². The lowest BCUT2D eigenvalue weighted by Crippen LogP contribution is -2.15. The summed E-state index contributed by atoms with van der Waals surface area (Å²) in [6.07, 6.45) is 4.24. The third kappa shape index (κ3) is 2.26. The Morgan fingerprint density at radius 2 is 2.28 bits per heavy atom. The van der Waals surface area contributed by atoms with Crippen LogP contribution in [0.3, 0.4) is 0 Å². The molecule has 1 heterocycles. The molecule has 1 N–H and O–H groups in total. The molecule has 1 saturated carbocycles. The van der Waals surface area contributed by atoms with Gasteiger partial charge in [-0.3, -0.25) is 0 Å². The first-order valence-corrected chi connectivity index (χ1v) is 6.14. The highest BCUT2D eigenvalue weighted by molar-refractivity contribution is 5.36. The molecule has 1 aromatic carbocycles. The Bertz CT molecular complexity index is 560. The van der Waals surface area contributed by atoms with E-state index in [1.54, 1.807) is 25.3 Å². The molecule has 0 saturated heterocycles. The van der Waals surface area contributed by atoms with Crippen LogP contribution >= 0.6 is 0 Å². The molecule has 0 aliphatic heterocycles. The van der Waals surface area contributed by atoms with Crippen molar-refractivity contribution in [3.63, 3.8) is 0 Å². The van der Waals surface area contributed by atoms with Gasteiger partial charge >= 0.3 is 0 Å². The van der Waals surface area contributed by atoms with Gasteiger partial charge in [-0.15, -0.1) is 5.10 Å². The molecule has 1 aliphatic rings. The summed E-state index contributed by atoms with van der Waals surface area (Å²) in [5.41, 5.74) is 1.89. The van der Waals surface area contributed by atoms with E-state index in [9.17, 15) is 4.39 Å². The zero-order valence-electron chi connectivity index (χ0n) is 10.2. The molecule has 1 fully saturated rings. The van der Waals surface area contributed by atoms with E-state index in [2.05, 4.69) is 15.6 Å². The smallest absolute Gasteiger partial charge is 0.151 e. The molecule has 1 aromatic heterocycles. The van der Waals surface area contributed by atoms with Crippen LogP contribution in [-0.2, 0) is 6.54 Å². The summed E-state index contributed by atoms with van der Waals surface area (Å²) in [7, 11) is 0. The number of aryl methyl sites for hydroxylation is 1. The van der Waals surface area contributed by atoms with E-state index in [0.29, 0.717) is 23.8 Å². The molecule has 18 heavy (non-hydrogen) atoms. The SMILES string of the molecule is Cc1cccc(-n2cc(CNC3CC3)nn2)c1F. The summed E-state index contributed by atoms with van der Waals surface area (Å²) in [5, 5.41) is 11.4. The van der Waals surface area contributed by atoms with Crippen molar-refractivity contribution in [3.05, 3.63) is 41.5 Å². The number of halogens is 1. The van der Waals surface area contributed by atoms with Crippen LogP contribution in [0.4, 0.5) is 4.39 Å². The van der Waals surface area contributed by atoms with Gasteiger partial charge in [0.15, 0.2) is 5.82 Å². The third-order valence-corrected chi connectivity index (χ3v) is 3.11. The zero-order chi connectivity index (χ0) is 12.5.